The van der Waals surface area contributed by atoms with E-state index in [-0.39, 0.29) is 11.8 Å². The van der Waals surface area contributed by atoms with E-state index < -0.39 is 24.0 Å². The summed E-state index contributed by atoms with van der Waals surface area (Å²) in [5.41, 5.74) is 3.21. The molecule has 1 atom stereocenters. The predicted molar refractivity (Wildman–Crippen MR) is 158 cm³/mol. The third kappa shape index (κ3) is 6.09. The first kappa shape index (κ1) is 29.8. The molecule has 1 N–H and O–H groups in total. The van der Waals surface area contributed by atoms with Crippen molar-refractivity contribution in [2.75, 3.05) is 39.3 Å². The van der Waals surface area contributed by atoms with Crippen molar-refractivity contribution in [2.45, 2.75) is 50.1 Å². The van der Waals surface area contributed by atoms with E-state index in [0.29, 0.717) is 25.9 Å². The van der Waals surface area contributed by atoms with Gasteiger partial charge in [-0.15, -0.1) is 0 Å². The molecule has 1 unspecified atom stereocenters. The molecule has 42 heavy (non-hydrogen) atoms. The lowest BCUT2D eigenvalue weighted by Gasteiger charge is -2.36. The highest BCUT2D eigenvalue weighted by Gasteiger charge is 2.49. The Balaban J connectivity index is 1.22. The highest BCUT2D eigenvalue weighted by Crippen LogP contribution is 2.51. The van der Waals surface area contributed by atoms with Gasteiger partial charge in [0.15, 0.2) is 0 Å². The van der Waals surface area contributed by atoms with Gasteiger partial charge in [0.2, 0.25) is 11.8 Å². The van der Waals surface area contributed by atoms with Gasteiger partial charge in [0, 0.05) is 26.2 Å². The van der Waals surface area contributed by atoms with Crippen molar-refractivity contribution < 1.29 is 22.8 Å². The number of amides is 2. The van der Waals surface area contributed by atoms with E-state index in [1.807, 2.05) is 90.7 Å². The summed E-state index contributed by atoms with van der Waals surface area (Å²) >= 11 is 0. The molecule has 0 bridgehead atoms. The van der Waals surface area contributed by atoms with Crippen LogP contribution in [0.3, 0.4) is 0 Å². The maximum absolute atomic E-state index is 13.7. The van der Waals surface area contributed by atoms with Crippen LogP contribution in [0.4, 0.5) is 13.2 Å². The number of carbonyl (C=O) groups excluding carboxylic acids is 2. The Bertz CT molecular complexity index is 1340. The second-order valence-corrected chi connectivity index (χ2v) is 11.3. The molecule has 0 saturated carbocycles. The van der Waals surface area contributed by atoms with Crippen molar-refractivity contribution in [1.82, 2.24) is 15.1 Å². The van der Waals surface area contributed by atoms with Crippen LogP contribution in [0.25, 0.3) is 11.1 Å². The number of nitrogens with zero attached hydrogens (tertiary/aromatic N) is 2. The number of piperazine rings is 1. The van der Waals surface area contributed by atoms with Crippen molar-refractivity contribution in [3.63, 3.8) is 0 Å². The summed E-state index contributed by atoms with van der Waals surface area (Å²) in [7, 11) is 0. The number of hydrogen-bond acceptors (Lipinski definition) is 3. The maximum atomic E-state index is 13.7. The molecule has 1 fully saturated rings. The number of halogens is 3. The third-order valence-corrected chi connectivity index (χ3v) is 8.77. The number of rotatable bonds is 10. The summed E-state index contributed by atoms with van der Waals surface area (Å²) in [6.07, 6.45) is -1.84. The summed E-state index contributed by atoms with van der Waals surface area (Å²) in [4.78, 5) is 31.2. The van der Waals surface area contributed by atoms with Crippen molar-refractivity contribution in [3.8, 4) is 11.1 Å². The quantitative estimate of drug-likeness (QED) is 0.295. The largest absolute Gasteiger partial charge is 0.405 e. The SMILES string of the molecule is CCC(C(=O)N1CCN(CCCCC2(C(=O)NCC(F)(F)F)c3ccccc3-c3ccccc32)CC1)c1ccccc1. The van der Waals surface area contributed by atoms with Crippen LogP contribution in [0.2, 0.25) is 0 Å². The molecule has 2 aliphatic rings. The monoisotopic (exact) mass is 577 g/mol. The van der Waals surface area contributed by atoms with Gasteiger partial charge >= 0.3 is 6.18 Å². The number of hydrogen-bond donors (Lipinski definition) is 1. The zero-order chi connectivity index (χ0) is 29.7. The summed E-state index contributed by atoms with van der Waals surface area (Å²) in [5.74, 6) is -0.559. The zero-order valence-electron chi connectivity index (χ0n) is 24.0. The molecule has 5 nitrogen and oxygen atoms in total. The summed E-state index contributed by atoms with van der Waals surface area (Å²) in [6, 6.07) is 25.0. The number of unbranched alkanes of at least 4 members (excludes halogenated alkanes) is 1. The lowest BCUT2D eigenvalue weighted by molar-refractivity contribution is -0.141. The first-order valence-electron chi connectivity index (χ1n) is 14.8. The Hall–Kier alpha value is -3.65. The predicted octanol–water partition coefficient (Wildman–Crippen LogP) is 6.14. The van der Waals surface area contributed by atoms with E-state index in [1.54, 1.807) is 0 Å². The second kappa shape index (κ2) is 12.7. The minimum absolute atomic E-state index is 0.130. The van der Waals surface area contributed by atoms with Gasteiger partial charge in [-0.2, -0.15) is 13.2 Å². The van der Waals surface area contributed by atoms with Crippen molar-refractivity contribution in [2.24, 2.45) is 0 Å². The van der Waals surface area contributed by atoms with Gasteiger partial charge in [-0.3, -0.25) is 14.5 Å². The molecule has 1 saturated heterocycles. The Morgan fingerprint density at radius 1 is 0.833 bits per heavy atom. The Morgan fingerprint density at radius 2 is 1.40 bits per heavy atom. The number of carbonyl (C=O) groups is 2. The first-order valence-corrected chi connectivity index (χ1v) is 14.8. The average molecular weight is 578 g/mol. The fraction of sp³-hybridized carbons (Fsp3) is 0.412. The molecule has 2 amide bonds. The maximum Gasteiger partial charge on any atom is 0.405 e. The molecule has 0 radical (unpaired) electrons. The van der Waals surface area contributed by atoms with Gasteiger partial charge in [-0.05, 0) is 53.6 Å². The molecular formula is C34H38F3N3O2. The smallest absolute Gasteiger partial charge is 0.346 e. The minimum atomic E-state index is -4.49. The topological polar surface area (TPSA) is 52.7 Å². The summed E-state index contributed by atoms with van der Waals surface area (Å²) < 4.78 is 39.3. The van der Waals surface area contributed by atoms with Crippen molar-refractivity contribution in [1.29, 1.82) is 0 Å². The van der Waals surface area contributed by atoms with E-state index in [2.05, 4.69) is 10.2 Å². The van der Waals surface area contributed by atoms with Gasteiger partial charge in [0.05, 0.1) is 5.92 Å². The van der Waals surface area contributed by atoms with Gasteiger partial charge in [-0.25, -0.2) is 0 Å². The van der Waals surface area contributed by atoms with Gasteiger partial charge < -0.3 is 10.2 Å². The van der Waals surface area contributed by atoms with Crippen LogP contribution >= 0.6 is 0 Å². The van der Waals surface area contributed by atoms with Crippen LogP contribution in [0.5, 0.6) is 0 Å². The minimum Gasteiger partial charge on any atom is -0.346 e. The standard InChI is InChI=1S/C34H38F3N3O2/c1-2-26(25-12-4-3-5-13-25)31(41)40-22-20-39(21-23-40)19-11-10-18-33(32(42)38-24-34(35,36)37)29-16-8-6-14-27(29)28-15-7-9-17-30(28)33/h3-9,12-17,26H,2,10-11,18-24H2,1H3,(H,38,42). The zero-order valence-corrected chi connectivity index (χ0v) is 24.0. The van der Waals surface area contributed by atoms with Crippen LogP contribution in [0, 0.1) is 0 Å². The highest BCUT2D eigenvalue weighted by molar-refractivity contribution is 6.00. The highest BCUT2D eigenvalue weighted by atomic mass is 19.4. The molecule has 222 valence electrons. The van der Waals surface area contributed by atoms with E-state index in [0.717, 1.165) is 60.3 Å². The molecule has 5 rings (SSSR count). The van der Waals surface area contributed by atoms with E-state index >= 15 is 0 Å². The fourth-order valence-corrected chi connectivity index (χ4v) is 6.66. The fourth-order valence-electron chi connectivity index (χ4n) is 6.66. The number of nitrogens with one attached hydrogen (secondary N) is 1. The van der Waals surface area contributed by atoms with Crippen LogP contribution in [0.15, 0.2) is 78.9 Å². The normalized spacial score (nSPS) is 16.9. The van der Waals surface area contributed by atoms with Crippen molar-refractivity contribution >= 4 is 11.8 Å². The Morgan fingerprint density at radius 3 is 1.98 bits per heavy atom. The van der Waals surface area contributed by atoms with E-state index in [1.165, 1.54) is 0 Å². The summed E-state index contributed by atoms with van der Waals surface area (Å²) in [5, 5.41) is 2.21. The molecule has 1 aliphatic heterocycles. The number of benzene rings is 3. The Labute approximate surface area is 245 Å². The van der Waals surface area contributed by atoms with Gasteiger partial charge in [-0.1, -0.05) is 92.2 Å². The lowest BCUT2D eigenvalue weighted by atomic mass is 9.73. The van der Waals surface area contributed by atoms with Gasteiger partial charge in [0.25, 0.3) is 0 Å². The van der Waals surface area contributed by atoms with Crippen molar-refractivity contribution in [3.05, 3.63) is 95.6 Å². The van der Waals surface area contributed by atoms with Crippen LogP contribution in [0.1, 0.15) is 55.2 Å². The van der Waals surface area contributed by atoms with Gasteiger partial charge in [0.1, 0.15) is 12.0 Å². The second-order valence-electron chi connectivity index (χ2n) is 11.3. The molecule has 0 aromatic heterocycles. The molecule has 1 heterocycles. The number of fused-ring (bicyclic) bond motifs is 3. The average Bonchev–Trinajstić information content (AvgIpc) is 3.29. The molecule has 1 aliphatic carbocycles. The van der Waals surface area contributed by atoms with Crippen LogP contribution < -0.4 is 5.32 Å². The molecule has 8 heteroatoms. The summed E-state index contributed by atoms with van der Waals surface area (Å²) in [6.45, 7) is 4.40. The van der Waals surface area contributed by atoms with E-state index in [9.17, 15) is 22.8 Å². The Kier molecular flexibility index (Phi) is 9.02. The third-order valence-electron chi connectivity index (χ3n) is 8.77. The molecule has 3 aromatic carbocycles. The molecule has 3 aromatic rings. The van der Waals surface area contributed by atoms with Crippen LogP contribution in [-0.2, 0) is 15.0 Å². The molecular weight excluding hydrogens is 539 g/mol. The van der Waals surface area contributed by atoms with Crippen LogP contribution in [-0.4, -0.2) is 67.1 Å². The number of alkyl halides is 3. The lowest BCUT2D eigenvalue weighted by Crippen LogP contribution is -2.50. The van der Waals surface area contributed by atoms with E-state index in [4.69, 9.17) is 0 Å². The molecule has 0 spiro atoms. The first-order chi connectivity index (χ1) is 20.2.